The molecule has 0 amide bonds. The van der Waals surface area contributed by atoms with Crippen molar-refractivity contribution in [1.29, 1.82) is 0 Å². The molecule has 1 heterocycles. The number of aryl methyl sites for hydroxylation is 1. The number of rotatable bonds is 3. The zero-order chi connectivity index (χ0) is 12.3. The Hall–Kier alpha value is -1.97. The Kier molecular flexibility index (Phi) is 3.32. The van der Waals surface area contributed by atoms with Crippen molar-refractivity contribution < 1.29 is 13.9 Å². The number of halogens is 1. The van der Waals surface area contributed by atoms with E-state index in [-0.39, 0.29) is 18.2 Å². The van der Waals surface area contributed by atoms with Gasteiger partial charge in [0, 0.05) is 24.2 Å². The van der Waals surface area contributed by atoms with Crippen molar-refractivity contribution in [3.8, 4) is 0 Å². The number of hydrogen-bond donors (Lipinski definition) is 0. The summed E-state index contributed by atoms with van der Waals surface area (Å²) in [5.74, 6) is -0.609. The summed E-state index contributed by atoms with van der Waals surface area (Å²) < 4.78 is 17.9. The minimum Gasteiger partial charge on any atom is -0.469 e. The van der Waals surface area contributed by atoms with Gasteiger partial charge in [-0.25, -0.2) is 4.39 Å². The highest BCUT2D eigenvalue weighted by atomic mass is 19.1. The van der Waals surface area contributed by atoms with Crippen LogP contribution in [0.25, 0.3) is 10.8 Å². The average molecular weight is 233 g/mol. The summed E-state index contributed by atoms with van der Waals surface area (Å²) in [7, 11) is 1.34. The molecule has 4 heteroatoms. The van der Waals surface area contributed by atoms with Gasteiger partial charge in [-0.2, -0.15) is 0 Å². The highest BCUT2D eigenvalue weighted by Gasteiger charge is 2.07. The van der Waals surface area contributed by atoms with Crippen LogP contribution in [0.2, 0.25) is 0 Å². The van der Waals surface area contributed by atoms with Crippen LogP contribution < -0.4 is 0 Å². The van der Waals surface area contributed by atoms with E-state index in [9.17, 15) is 9.18 Å². The van der Waals surface area contributed by atoms with Gasteiger partial charge in [-0.3, -0.25) is 9.78 Å². The molecule has 0 saturated heterocycles. The number of esters is 1. The van der Waals surface area contributed by atoms with Crippen LogP contribution in [0.3, 0.4) is 0 Å². The lowest BCUT2D eigenvalue weighted by atomic mass is 10.0. The van der Waals surface area contributed by atoms with Gasteiger partial charge in [-0.15, -0.1) is 0 Å². The molecule has 17 heavy (non-hydrogen) atoms. The van der Waals surface area contributed by atoms with E-state index in [1.54, 1.807) is 12.4 Å². The predicted molar refractivity (Wildman–Crippen MR) is 62.0 cm³/mol. The zero-order valence-corrected chi connectivity index (χ0v) is 9.44. The van der Waals surface area contributed by atoms with Gasteiger partial charge in [-0.05, 0) is 35.6 Å². The molecule has 0 fully saturated rings. The first-order chi connectivity index (χ1) is 8.20. The standard InChI is InChI=1S/C13H12FNO2/c1-17-13(16)3-2-9-6-11(14)7-10-8-15-5-4-12(9)10/h4-8H,2-3H2,1H3. The number of hydrogen-bond acceptors (Lipinski definition) is 3. The normalized spacial score (nSPS) is 10.5. The minimum atomic E-state index is -0.314. The second-order valence-electron chi connectivity index (χ2n) is 3.74. The maximum absolute atomic E-state index is 13.4. The monoisotopic (exact) mass is 233 g/mol. The van der Waals surface area contributed by atoms with Crippen LogP contribution in [0.1, 0.15) is 12.0 Å². The molecule has 3 nitrogen and oxygen atoms in total. The number of ether oxygens (including phenoxy) is 1. The van der Waals surface area contributed by atoms with Gasteiger partial charge in [-0.1, -0.05) is 0 Å². The molecule has 0 saturated carbocycles. The number of aromatic nitrogens is 1. The van der Waals surface area contributed by atoms with Crippen LogP contribution in [0.15, 0.2) is 30.6 Å². The van der Waals surface area contributed by atoms with Crippen LogP contribution in [0.5, 0.6) is 0 Å². The molecule has 0 aliphatic rings. The molecule has 0 spiro atoms. The predicted octanol–water partition coefficient (Wildman–Crippen LogP) is 2.48. The summed E-state index contributed by atoms with van der Waals surface area (Å²) in [6.07, 6.45) is 3.98. The quantitative estimate of drug-likeness (QED) is 0.764. The van der Waals surface area contributed by atoms with Crippen molar-refractivity contribution in [2.24, 2.45) is 0 Å². The first-order valence-corrected chi connectivity index (χ1v) is 5.29. The molecule has 0 atom stereocenters. The van der Waals surface area contributed by atoms with E-state index in [2.05, 4.69) is 9.72 Å². The summed E-state index contributed by atoms with van der Waals surface area (Å²) in [5, 5.41) is 1.66. The first-order valence-electron chi connectivity index (χ1n) is 5.29. The van der Waals surface area contributed by atoms with Crippen LogP contribution >= 0.6 is 0 Å². The summed E-state index contributed by atoms with van der Waals surface area (Å²) in [5.41, 5.74) is 0.799. The second kappa shape index (κ2) is 4.91. The van der Waals surface area contributed by atoms with Crippen molar-refractivity contribution in [3.63, 3.8) is 0 Å². The highest BCUT2D eigenvalue weighted by molar-refractivity contribution is 5.85. The van der Waals surface area contributed by atoms with Crippen molar-refractivity contribution >= 4 is 16.7 Å². The maximum atomic E-state index is 13.4. The van der Waals surface area contributed by atoms with Crippen LogP contribution in [-0.2, 0) is 16.0 Å². The maximum Gasteiger partial charge on any atom is 0.305 e. The Morgan fingerprint density at radius 2 is 2.29 bits per heavy atom. The molecule has 0 radical (unpaired) electrons. The topological polar surface area (TPSA) is 39.2 Å². The van der Waals surface area contributed by atoms with Crippen molar-refractivity contribution in [2.45, 2.75) is 12.8 Å². The Bertz CT molecular complexity index is 554. The van der Waals surface area contributed by atoms with E-state index in [0.29, 0.717) is 6.42 Å². The third-order valence-electron chi connectivity index (χ3n) is 2.63. The number of carbonyl (C=O) groups is 1. The van der Waals surface area contributed by atoms with E-state index >= 15 is 0 Å². The zero-order valence-electron chi connectivity index (χ0n) is 9.44. The number of methoxy groups -OCH3 is 1. The fraction of sp³-hybridized carbons (Fsp3) is 0.231. The molecule has 88 valence electrons. The van der Waals surface area contributed by atoms with Gasteiger partial charge < -0.3 is 4.74 Å². The molecule has 0 unspecified atom stereocenters. The lowest BCUT2D eigenvalue weighted by Crippen LogP contribution is -2.02. The van der Waals surface area contributed by atoms with Gasteiger partial charge in [0.25, 0.3) is 0 Å². The third kappa shape index (κ3) is 2.58. The smallest absolute Gasteiger partial charge is 0.305 e. The molecule has 2 aromatic rings. The van der Waals surface area contributed by atoms with Gasteiger partial charge in [0.15, 0.2) is 0 Å². The molecule has 0 aliphatic carbocycles. The highest BCUT2D eigenvalue weighted by Crippen LogP contribution is 2.21. The molecule has 2 rings (SSSR count). The van der Waals surface area contributed by atoms with Gasteiger partial charge in [0.05, 0.1) is 7.11 Å². The average Bonchev–Trinajstić information content (AvgIpc) is 2.35. The summed E-state index contributed by atoms with van der Waals surface area (Å²) in [6, 6.07) is 4.70. The number of benzene rings is 1. The fourth-order valence-corrected chi connectivity index (χ4v) is 1.79. The SMILES string of the molecule is COC(=O)CCc1cc(F)cc2cnccc12. The number of carbonyl (C=O) groups excluding carboxylic acids is 1. The van der Waals surface area contributed by atoms with E-state index in [4.69, 9.17) is 0 Å². The van der Waals surface area contributed by atoms with E-state index in [1.807, 2.05) is 6.07 Å². The summed E-state index contributed by atoms with van der Waals surface area (Å²) in [6.45, 7) is 0. The molecular weight excluding hydrogens is 221 g/mol. The Morgan fingerprint density at radius 1 is 1.47 bits per heavy atom. The van der Waals surface area contributed by atoms with E-state index < -0.39 is 0 Å². The minimum absolute atomic E-state index is 0.247. The Labute approximate surface area is 98.2 Å². The molecule has 0 aliphatic heterocycles. The summed E-state index contributed by atoms with van der Waals surface area (Å²) >= 11 is 0. The number of nitrogens with zero attached hydrogens (tertiary/aromatic N) is 1. The van der Waals surface area contributed by atoms with Crippen molar-refractivity contribution in [3.05, 3.63) is 42.0 Å². The lowest BCUT2D eigenvalue weighted by molar-refractivity contribution is -0.140. The molecule has 0 N–H and O–H groups in total. The Morgan fingerprint density at radius 3 is 3.06 bits per heavy atom. The van der Waals surface area contributed by atoms with Gasteiger partial charge in [0.2, 0.25) is 0 Å². The number of pyridine rings is 1. The molecule has 1 aromatic heterocycles. The molecular formula is C13H12FNO2. The van der Waals surface area contributed by atoms with Crippen molar-refractivity contribution in [1.82, 2.24) is 4.98 Å². The van der Waals surface area contributed by atoms with Gasteiger partial charge in [0.1, 0.15) is 5.82 Å². The first kappa shape index (κ1) is 11.5. The lowest BCUT2D eigenvalue weighted by Gasteiger charge is -2.06. The second-order valence-corrected chi connectivity index (χ2v) is 3.74. The van der Waals surface area contributed by atoms with Crippen LogP contribution in [0, 0.1) is 5.82 Å². The van der Waals surface area contributed by atoms with Crippen LogP contribution in [-0.4, -0.2) is 18.1 Å². The summed E-state index contributed by atoms with van der Waals surface area (Å²) in [4.78, 5) is 15.0. The van der Waals surface area contributed by atoms with Crippen LogP contribution in [0.4, 0.5) is 4.39 Å². The largest absolute Gasteiger partial charge is 0.469 e. The molecule has 0 bridgehead atoms. The number of fused-ring (bicyclic) bond motifs is 1. The van der Waals surface area contributed by atoms with E-state index in [0.717, 1.165) is 16.3 Å². The Balaban J connectivity index is 2.35. The third-order valence-corrected chi connectivity index (χ3v) is 2.63. The fourth-order valence-electron chi connectivity index (χ4n) is 1.79. The van der Waals surface area contributed by atoms with Gasteiger partial charge >= 0.3 is 5.97 Å². The van der Waals surface area contributed by atoms with E-state index in [1.165, 1.54) is 19.2 Å². The van der Waals surface area contributed by atoms with Crippen molar-refractivity contribution in [2.75, 3.05) is 7.11 Å². The molecule has 1 aromatic carbocycles.